The van der Waals surface area contributed by atoms with Crippen LogP contribution in [0.3, 0.4) is 0 Å². The van der Waals surface area contributed by atoms with Crippen LogP contribution >= 0.6 is 11.8 Å². The Labute approximate surface area is 151 Å². The highest BCUT2D eigenvalue weighted by molar-refractivity contribution is 7.99. The number of esters is 1. The molecule has 5 nitrogen and oxygen atoms in total. The first-order chi connectivity index (χ1) is 12.3. The number of hydrogen-bond acceptors (Lipinski definition) is 6. The van der Waals surface area contributed by atoms with Crippen molar-refractivity contribution >= 4 is 17.7 Å². The van der Waals surface area contributed by atoms with Crippen LogP contribution in [0.2, 0.25) is 0 Å². The van der Waals surface area contributed by atoms with E-state index in [4.69, 9.17) is 4.74 Å². The second kappa shape index (κ2) is 8.10. The van der Waals surface area contributed by atoms with Crippen molar-refractivity contribution in [3.63, 3.8) is 0 Å². The summed E-state index contributed by atoms with van der Waals surface area (Å²) in [6.07, 6.45) is -4.74. The quantitative estimate of drug-likeness (QED) is 0.577. The van der Waals surface area contributed by atoms with Crippen molar-refractivity contribution in [2.75, 3.05) is 20.0 Å². The van der Waals surface area contributed by atoms with Gasteiger partial charge in [0.15, 0.2) is 0 Å². The van der Waals surface area contributed by atoms with Gasteiger partial charge in [-0.3, -0.25) is 4.79 Å². The Morgan fingerprint density at radius 1 is 1.27 bits per heavy atom. The van der Waals surface area contributed by atoms with Gasteiger partial charge in [0.1, 0.15) is 16.8 Å². The number of pyridine rings is 1. The first kappa shape index (κ1) is 19.6. The molecule has 0 aliphatic heterocycles. The zero-order valence-corrected chi connectivity index (χ0v) is 14.6. The van der Waals surface area contributed by atoms with Crippen LogP contribution in [-0.4, -0.2) is 30.9 Å². The van der Waals surface area contributed by atoms with E-state index in [0.29, 0.717) is 11.3 Å². The smallest absolute Gasteiger partial charge is 0.417 e. The summed E-state index contributed by atoms with van der Waals surface area (Å²) in [5.41, 5.74) is -1.27. The van der Waals surface area contributed by atoms with Crippen molar-refractivity contribution in [2.24, 2.45) is 0 Å². The minimum Gasteiger partial charge on any atom is -0.497 e. The first-order valence-corrected chi connectivity index (χ1v) is 8.15. The third kappa shape index (κ3) is 4.46. The lowest BCUT2D eigenvalue weighted by atomic mass is 10.1. The van der Waals surface area contributed by atoms with Crippen LogP contribution in [0.4, 0.5) is 13.2 Å². The molecule has 1 heterocycles. The van der Waals surface area contributed by atoms with Crippen LogP contribution in [0, 0.1) is 11.3 Å². The fourth-order valence-electron chi connectivity index (χ4n) is 2.05. The van der Waals surface area contributed by atoms with Gasteiger partial charge in [-0.15, -0.1) is 0 Å². The highest BCUT2D eigenvalue weighted by Gasteiger charge is 2.36. The van der Waals surface area contributed by atoms with Gasteiger partial charge in [-0.1, -0.05) is 11.8 Å². The number of benzene rings is 1. The number of nitrogens with zero attached hydrogens (tertiary/aromatic N) is 2. The van der Waals surface area contributed by atoms with Crippen LogP contribution in [0.15, 0.2) is 35.4 Å². The molecule has 0 unspecified atom stereocenters. The van der Waals surface area contributed by atoms with Gasteiger partial charge in [-0.2, -0.15) is 18.4 Å². The second-order valence-electron chi connectivity index (χ2n) is 4.94. The van der Waals surface area contributed by atoms with E-state index < -0.39 is 23.3 Å². The fraction of sp³-hybridized carbons (Fsp3) is 0.235. The van der Waals surface area contributed by atoms with Gasteiger partial charge >= 0.3 is 12.1 Å². The highest BCUT2D eigenvalue weighted by Crippen LogP contribution is 2.38. The maximum Gasteiger partial charge on any atom is 0.417 e. The Hall–Kier alpha value is -2.73. The van der Waals surface area contributed by atoms with Crippen molar-refractivity contribution in [2.45, 2.75) is 11.2 Å². The Morgan fingerprint density at radius 3 is 2.42 bits per heavy atom. The number of aromatic nitrogens is 1. The summed E-state index contributed by atoms with van der Waals surface area (Å²) in [6, 6.07) is 8.65. The van der Waals surface area contributed by atoms with Gasteiger partial charge in [0, 0.05) is 5.56 Å². The van der Waals surface area contributed by atoms with Gasteiger partial charge in [-0.05, 0) is 30.3 Å². The van der Waals surface area contributed by atoms with Crippen LogP contribution in [0.5, 0.6) is 5.75 Å². The molecule has 2 aromatic rings. The molecular formula is C17H13F3N2O3S. The number of carbonyl (C=O) groups excluding carboxylic acids is 1. The SMILES string of the molecule is COC(=O)CSc1nc(-c2ccc(OC)cc2)cc(C(F)(F)F)c1C#N. The lowest BCUT2D eigenvalue weighted by Gasteiger charge is -2.14. The van der Waals surface area contributed by atoms with Gasteiger partial charge in [-0.25, -0.2) is 4.98 Å². The fourth-order valence-corrected chi connectivity index (χ4v) is 2.89. The molecule has 2 rings (SSSR count). The van der Waals surface area contributed by atoms with Crippen molar-refractivity contribution in [1.29, 1.82) is 5.26 Å². The molecule has 0 amide bonds. The number of thioether (sulfide) groups is 1. The summed E-state index contributed by atoms with van der Waals surface area (Å²) in [7, 11) is 2.63. The molecule has 0 bridgehead atoms. The summed E-state index contributed by atoms with van der Waals surface area (Å²) in [5, 5.41) is 9.00. The summed E-state index contributed by atoms with van der Waals surface area (Å²) in [4.78, 5) is 15.4. The maximum absolute atomic E-state index is 13.4. The van der Waals surface area contributed by atoms with E-state index >= 15 is 0 Å². The topological polar surface area (TPSA) is 72.2 Å². The van der Waals surface area contributed by atoms with Crippen LogP contribution < -0.4 is 4.74 Å². The lowest BCUT2D eigenvalue weighted by molar-refractivity contribution is -0.138. The van der Waals surface area contributed by atoms with Gasteiger partial charge < -0.3 is 9.47 Å². The minimum absolute atomic E-state index is 0.0337. The largest absolute Gasteiger partial charge is 0.497 e. The van der Waals surface area contributed by atoms with Crippen LogP contribution in [0.25, 0.3) is 11.3 Å². The number of carbonyl (C=O) groups is 1. The molecule has 1 aromatic carbocycles. The van der Waals surface area contributed by atoms with E-state index in [1.54, 1.807) is 24.3 Å². The zero-order valence-electron chi connectivity index (χ0n) is 13.8. The zero-order chi connectivity index (χ0) is 19.3. The van der Waals surface area contributed by atoms with E-state index in [1.807, 2.05) is 0 Å². The van der Waals surface area contributed by atoms with E-state index in [9.17, 15) is 23.2 Å². The summed E-state index contributed by atoms with van der Waals surface area (Å²) in [5.74, 6) is -0.357. The Bertz CT molecular complexity index is 846. The van der Waals surface area contributed by atoms with Gasteiger partial charge in [0.25, 0.3) is 0 Å². The van der Waals surface area contributed by atoms with Crippen molar-refractivity contribution in [1.82, 2.24) is 4.98 Å². The van der Waals surface area contributed by atoms with E-state index in [0.717, 1.165) is 24.9 Å². The maximum atomic E-state index is 13.4. The Balaban J connectivity index is 2.57. The summed E-state index contributed by atoms with van der Waals surface area (Å²) in [6.45, 7) is 0. The normalized spacial score (nSPS) is 10.9. The number of hydrogen-bond donors (Lipinski definition) is 0. The van der Waals surface area contributed by atoms with E-state index in [1.165, 1.54) is 13.2 Å². The molecule has 0 aliphatic rings. The average Bonchev–Trinajstić information content (AvgIpc) is 2.64. The Morgan fingerprint density at radius 2 is 1.92 bits per heavy atom. The third-order valence-electron chi connectivity index (χ3n) is 3.34. The second-order valence-corrected chi connectivity index (χ2v) is 5.90. The molecule has 0 aliphatic carbocycles. The number of alkyl halides is 3. The highest BCUT2D eigenvalue weighted by atomic mass is 32.2. The molecule has 0 saturated heterocycles. The standard InChI is InChI=1S/C17H13F3N2O3S/c1-24-11-5-3-10(4-6-11)14-7-13(17(18,19)20)12(8-21)16(22-14)26-9-15(23)25-2/h3-7H,9H2,1-2H3. The first-order valence-electron chi connectivity index (χ1n) is 7.16. The number of rotatable bonds is 5. The van der Waals surface area contributed by atoms with Crippen molar-refractivity contribution in [3.05, 3.63) is 41.5 Å². The van der Waals surface area contributed by atoms with Crippen molar-refractivity contribution < 1.29 is 27.4 Å². The number of halogens is 3. The summed E-state index contributed by atoms with van der Waals surface area (Å²) < 4.78 is 49.7. The van der Waals surface area contributed by atoms with Gasteiger partial charge in [0.05, 0.1) is 36.8 Å². The van der Waals surface area contributed by atoms with Crippen LogP contribution in [-0.2, 0) is 15.7 Å². The molecule has 0 atom stereocenters. The van der Waals surface area contributed by atoms with E-state index in [-0.39, 0.29) is 16.5 Å². The molecular weight excluding hydrogens is 369 g/mol. The van der Waals surface area contributed by atoms with Crippen molar-refractivity contribution in [3.8, 4) is 23.1 Å². The van der Waals surface area contributed by atoms with E-state index in [2.05, 4.69) is 9.72 Å². The average molecular weight is 382 g/mol. The molecule has 26 heavy (non-hydrogen) atoms. The third-order valence-corrected chi connectivity index (χ3v) is 4.29. The molecule has 0 N–H and O–H groups in total. The predicted molar refractivity (Wildman–Crippen MR) is 88.7 cm³/mol. The molecule has 136 valence electrons. The number of ether oxygens (including phenoxy) is 2. The molecule has 0 spiro atoms. The number of nitriles is 1. The minimum atomic E-state index is -4.74. The predicted octanol–water partition coefficient (Wildman–Crippen LogP) is 3.91. The van der Waals surface area contributed by atoms with Crippen LogP contribution in [0.1, 0.15) is 11.1 Å². The monoisotopic (exact) mass is 382 g/mol. The molecule has 0 saturated carbocycles. The number of methoxy groups -OCH3 is 2. The molecule has 1 aromatic heterocycles. The van der Waals surface area contributed by atoms with Gasteiger partial charge in [0.2, 0.25) is 0 Å². The lowest BCUT2D eigenvalue weighted by Crippen LogP contribution is -2.11. The Kier molecular flexibility index (Phi) is 6.10. The molecule has 0 radical (unpaired) electrons. The molecule has 9 heteroatoms. The molecule has 0 fully saturated rings. The summed E-state index contributed by atoms with van der Waals surface area (Å²) >= 11 is 0.718.